The quantitative estimate of drug-likeness (QED) is 0.605. The lowest BCUT2D eigenvalue weighted by Gasteiger charge is -2.18. The average Bonchev–Trinajstić information content (AvgIpc) is 3.00. The number of aliphatic carboxylic acids is 1. The Hall–Kier alpha value is -2.59. The van der Waals surface area contributed by atoms with Gasteiger partial charge in [-0.25, -0.2) is 13.6 Å². The molecule has 1 aliphatic heterocycles. The van der Waals surface area contributed by atoms with Gasteiger partial charge < -0.3 is 20.1 Å². The van der Waals surface area contributed by atoms with Gasteiger partial charge in [-0.1, -0.05) is 0 Å². The number of hydrogen-bond acceptors (Lipinski definition) is 3. The molecule has 0 aromatic heterocycles. The Kier molecular flexibility index (Phi) is 5.88. The molecular formula is C15H15F5N2O4. The largest absolute Gasteiger partial charge is 0.492 e. The monoisotopic (exact) mass is 382 g/mol. The number of nitrogens with zero attached hydrogens (tertiary/aromatic N) is 1. The van der Waals surface area contributed by atoms with Gasteiger partial charge >= 0.3 is 18.2 Å². The summed E-state index contributed by atoms with van der Waals surface area (Å²) < 4.78 is 69.4. The smallest absolute Gasteiger partial charge is 0.394 e. The van der Waals surface area contributed by atoms with Gasteiger partial charge in [-0.3, -0.25) is 4.79 Å². The summed E-state index contributed by atoms with van der Waals surface area (Å²) in [5.41, 5.74) is 0. The van der Waals surface area contributed by atoms with Crippen molar-refractivity contribution in [2.75, 3.05) is 26.2 Å². The third kappa shape index (κ3) is 4.73. The first-order chi connectivity index (χ1) is 12.1. The van der Waals surface area contributed by atoms with E-state index in [0.29, 0.717) is 0 Å². The molecule has 0 saturated carbocycles. The van der Waals surface area contributed by atoms with Crippen LogP contribution in [0.25, 0.3) is 0 Å². The normalized spacial score (nSPS) is 20.1. The van der Waals surface area contributed by atoms with Crippen LogP contribution in [0.15, 0.2) is 18.2 Å². The molecule has 0 radical (unpaired) electrons. The summed E-state index contributed by atoms with van der Waals surface area (Å²) in [6.07, 6.45) is -4.73. The number of urea groups is 1. The van der Waals surface area contributed by atoms with Gasteiger partial charge in [0.25, 0.3) is 0 Å². The molecule has 2 amide bonds. The molecule has 2 rings (SSSR count). The maximum absolute atomic E-state index is 13.0. The van der Waals surface area contributed by atoms with E-state index in [0.717, 1.165) is 17.0 Å². The topological polar surface area (TPSA) is 78.9 Å². The van der Waals surface area contributed by atoms with Crippen molar-refractivity contribution in [2.24, 2.45) is 11.8 Å². The molecule has 144 valence electrons. The first-order valence-electron chi connectivity index (χ1n) is 7.49. The van der Waals surface area contributed by atoms with E-state index in [1.54, 1.807) is 0 Å². The minimum atomic E-state index is -4.73. The first-order valence-corrected chi connectivity index (χ1v) is 7.49. The number of rotatable bonds is 5. The number of benzene rings is 1. The highest BCUT2D eigenvalue weighted by molar-refractivity contribution is 5.77. The van der Waals surface area contributed by atoms with Crippen molar-refractivity contribution in [3.05, 3.63) is 29.8 Å². The van der Waals surface area contributed by atoms with Gasteiger partial charge in [-0.2, -0.15) is 13.2 Å². The standard InChI is InChI=1S/C15H15F5N2O4/c16-11-2-1-8(5-12(11)17)26-4-3-21-14(25)22-6-9(13(23)24)10(7-22)15(18,19)20/h1-2,5,9-10H,3-4,6-7H2,(H,21,25)(H,23,24)/t9-,10-/m1/s1. The van der Waals surface area contributed by atoms with Crippen LogP contribution in [-0.2, 0) is 4.79 Å². The number of halogens is 5. The van der Waals surface area contributed by atoms with E-state index in [1.165, 1.54) is 6.07 Å². The average molecular weight is 382 g/mol. The van der Waals surface area contributed by atoms with Gasteiger partial charge in [-0.05, 0) is 12.1 Å². The molecule has 1 saturated heterocycles. The van der Waals surface area contributed by atoms with Crippen LogP contribution in [-0.4, -0.2) is 54.4 Å². The van der Waals surface area contributed by atoms with Gasteiger partial charge in [0.05, 0.1) is 18.4 Å². The summed E-state index contributed by atoms with van der Waals surface area (Å²) in [7, 11) is 0. The fraction of sp³-hybridized carbons (Fsp3) is 0.467. The van der Waals surface area contributed by atoms with Gasteiger partial charge in [0.2, 0.25) is 0 Å². The van der Waals surface area contributed by atoms with E-state index >= 15 is 0 Å². The highest BCUT2D eigenvalue weighted by Crippen LogP contribution is 2.37. The minimum Gasteiger partial charge on any atom is -0.492 e. The van der Waals surface area contributed by atoms with Crippen LogP contribution in [0.5, 0.6) is 5.75 Å². The summed E-state index contributed by atoms with van der Waals surface area (Å²) >= 11 is 0. The molecular weight excluding hydrogens is 367 g/mol. The number of carbonyl (C=O) groups excluding carboxylic acids is 1. The van der Waals surface area contributed by atoms with Crippen LogP contribution in [0.2, 0.25) is 0 Å². The van der Waals surface area contributed by atoms with Gasteiger partial charge in [-0.15, -0.1) is 0 Å². The lowest BCUT2D eigenvalue weighted by molar-refractivity contribution is -0.187. The second kappa shape index (κ2) is 7.75. The van der Waals surface area contributed by atoms with Crippen molar-refractivity contribution >= 4 is 12.0 Å². The number of hydrogen-bond donors (Lipinski definition) is 2. The predicted molar refractivity (Wildman–Crippen MR) is 77.5 cm³/mol. The first kappa shape index (κ1) is 19.7. The zero-order valence-electron chi connectivity index (χ0n) is 13.2. The predicted octanol–water partition coefficient (Wildman–Crippen LogP) is 2.25. The van der Waals surface area contributed by atoms with E-state index < -0.39 is 54.7 Å². The molecule has 1 aliphatic rings. The molecule has 2 atom stereocenters. The van der Waals surface area contributed by atoms with Crippen LogP contribution in [0, 0.1) is 23.5 Å². The van der Waals surface area contributed by atoms with E-state index in [-0.39, 0.29) is 18.9 Å². The SMILES string of the molecule is O=C(O)[C@@H]1CN(C(=O)NCCOc2ccc(F)c(F)c2)C[C@H]1C(F)(F)F. The third-order valence-corrected chi connectivity index (χ3v) is 3.88. The lowest BCUT2D eigenvalue weighted by atomic mass is 9.96. The van der Waals surface area contributed by atoms with Gasteiger partial charge in [0, 0.05) is 19.2 Å². The summed E-state index contributed by atoms with van der Waals surface area (Å²) in [6, 6.07) is 1.98. The Morgan fingerprint density at radius 1 is 1.23 bits per heavy atom. The molecule has 0 bridgehead atoms. The second-order valence-electron chi connectivity index (χ2n) is 5.65. The van der Waals surface area contributed by atoms with Crippen LogP contribution in [0.1, 0.15) is 0 Å². The Bertz CT molecular complexity index is 682. The maximum atomic E-state index is 13.0. The van der Waals surface area contributed by atoms with Gasteiger partial charge in [0.1, 0.15) is 12.4 Å². The highest BCUT2D eigenvalue weighted by atomic mass is 19.4. The van der Waals surface area contributed by atoms with E-state index in [1.807, 2.05) is 0 Å². The third-order valence-electron chi connectivity index (χ3n) is 3.88. The zero-order chi connectivity index (χ0) is 19.5. The molecule has 0 aliphatic carbocycles. The number of alkyl halides is 3. The number of ether oxygens (including phenoxy) is 1. The summed E-state index contributed by atoms with van der Waals surface area (Å²) in [4.78, 5) is 23.6. The fourth-order valence-electron chi connectivity index (χ4n) is 2.56. The van der Waals surface area contributed by atoms with E-state index in [4.69, 9.17) is 9.84 Å². The molecule has 0 spiro atoms. The molecule has 1 heterocycles. The van der Waals surface area contributed by atoms with Crippen molar-refractivity contribution in [3.63, 3.8) is 0 Å². The zero-order valence-corrected chi connectivity index (χ0v) is 13.2. The Labute approximate surface area is 144 Å². The number of carboxylic acid groups (broad SMARTS) is 1. The van der Waals surface area contributed by atoms with E-state index in [9.17, 15) is 31.5 Å². The Morgan fingerprint density at radius 3 is 2.46 bits per heavy atom. The molecule has 1 aromatic rings. The second-order valence-corrected chi connectivity index (χ2v) is 5.65. The number of carbonyl (C=O) groups is 2. The summed E-state index contributed by atoms with van der Waals surface area (Å²) in [5, 5.41) is 11.2. The van der Waals surface area contributed by atoms with Gasteiger partial charge in [0.15, 0.2) is 11.6 Å². The van der Waals surface area contributed by atoms with Crippen LogP contribution in [0.4, 0.5) is 26.7 Å². The number of carboxylic acids is 1. The highest BCUT2D eigenvalue weighted by Gasteiger charge is 2.53. The Balaban J connectivity index is 1.82. The number of likely N-dealkylation sites (tertiary alicyclic amines) is 1. The van der Waals surface area contributed by atoms with Crippen molar-refractivity contribution in [1.82, 2.24) is 10.2 Å². The Morgan fingerprint density at radius 2 is 1.92 bits per heavy atom. The minimum absolute atomic E-state index is 0.0161. The van der Waals surface area contributed by atoms with Crippen molar-refractivity contribution in [3.8, 4) is 5.75 Å². The van der Waals surface area contributed by atoms with Crippen molar-refractivity contribution in [2.45, 2.75) is 6.18 Å². The molecule has 0 unspecified atom stereocenters. The fourth-order valence-corrected chi connectivity index (χ4v) is 2.56. The maximum Gasteiger partial charge on any atom is 0.394 e. The lowest BCUT2D eigenvalue weighted by Crippen LogP contribution is -2.41. The number of amides is 2. The van der Waals surface area contributed by atoms with Crippen LogP contribution >= 0.6 is 0 Å². The van der Waals surface area contributed by atoms with E-state index in [2.05, 4.69) is 5.32 Å². The van der Waals surface area contributed by atoms with Crippen LogP contribution in [0.3, 0.4) is 0 Å². The molecule has 11 heteroatoms. The number of nitrogens with one attached hydrogen (secondary N) is 1. The molecule has 1 aromatic carbocycles. The summed E-state index contributed by atoms with van der Waals surface area (Å²) in [6.45, 7) is -1.58. The molecule has 1 fully saturated rings. The molecule has 6 nitrogen and oxygen atoms in total. The van der Waals surface area contributed by atoms with Crippen molar-refractivity contribution in [1.29, 1.82) is 0 Å². The van der Waals surface area contributed by atoms with Crippen molar-refractivity contribution < 1.29 is 41.4 Å². The van der Waals surface area contributed by atoms with Crippen LogP contribution < -0.4 is 10.1 Å². The molecule has 2 N–H and O–H groups in total. The summed E-state index contributed by atoms with van der Waals surface area (Å²) in [5.74, 6) is -7.62. The molecule has 26 heavy (non-hydrogen) atoms.